The summed E-state index contributed by atoms with van der Waals surface area (Å²) >= 11 is 1.25. The summed E-state index contributed by atoms with van der Waals surface area (Å²) < 4.78 is 27.9. The van der Waals surface area contributed by atoms with Gasteiger partial charge in [-0.25, -0.2) is 8.78 Å². The molecule has 0 radical (unpaired) electrons. The monoisotopic (exact) mass is 256 g/mol. The molecule has 0 amide bonds. The Kier molecular flexibility index (Phi) is 3.28. The van der Waals surface area contributed by atoms with Gasteiger partial charge in [0.05, 0.1) is 0 Å². The fourth-order valence-electron chi connectivity index (χ4n) is 1.25. The molecule has 0 spiro atoms. The van der Waals surface area contributed by atoms with Crippen LogP contribution in [0.4, 0.5) is 14.7 Å². The van der Waals surface area contributed by atoms with Crippen LogP contribution in [0.2, 0.25) is 0 Å². The number of nitrogen functional groups attached to an aromatic ring is 1. The van der Waals surface area contributed by atoms with E-state index in [1.54, 1.807) is 11.6 Å². The largest absolute Gasteiger partial charge is 0.368 e. The van der Waals surface area contributed by atoms with Crippen molar-refractivity contribution in [2.24, 2.45) is 7.05 Å². The summed E-state index contributed by atoms with van der Waals surface area (Å²) in [6, 6.07) is 4.09. The molecule has 0 saturated carbocycles. The molecule has 0 atom stereocenters. The predicted octanol–water partition coefficient (Wildman–Crippen LogP) is 1.97. The Hall–Kier alpha value is -1.63. The molecule has 0 fully saturated rings. The molecule has 2 N–H and O–H groups in total. The van der Waals surface area contributed by atoms with Gasteiger partial charge >= 0.3 is 0 Å². The van der Waals surface area contributed by atoms with Crippen LogP contribution < -0.4 is 5.73 Å². The Balaban J connectivity index is 2.13. The number of halogens is 2. The molecule has 1 heterocycles. The average Bonchev–Trinajstić information content (AvgIpc) is 2.62. The van der Waals surface area contributed by atoms with E-state index >= 15 is 0 Å². The predicted molar refractivity (Wildman–Crippen MR) is 61.3 cm³/mol. The van der Waals surface area contributed by atoms with E-state index in [1.165, 1.54) is 23.9 Å². The highest BCUT2D eigenvalue weighted by Crippen LogP contribution is 2.23. The van der Waals surface area contributed by atoms with Crippen molar-refractivity contribution in [2.75, 3.05) is 5.73 Å². The van der Waals surface area contributed by atoms with Gasteiger partial charge < -0.3 is 5.73 Å². The number of benzene rings is 1. The lowest BCUT2D eigenvalue weighted by Crippen LogP contribution is -1.98. The van der Waals surface area contributed by atoms with Crippen LogP contribution in [0.3, 0.4) is 0 Å². The van der Waals surface area contributed by atoms with Gasteiger partial charge in [-0.05, 0) is 6.07 Å². The van der Waals surface area contributed by atoms with Crippen molar-refractivity contribution in [3.05, 3.63) is 35.4 Å². The van der Waals surface area contributed by atoms with E-state index in [9.17, 15) is 8.78 Å². The molecule has 17 heavy (non-hydrogen) atoms. The summed E-state index contributed by atoms with van der Waals surface area (Å²) in [6.07, 6.45) is 0. The molecule has 1 aromatic heterocycles. The van der Waals surface area contributed by atoms with Crippen LogP contribution in [0.15, 0.2) is 23.4 Å². The summed E-state index contributed by atoms with van der Waals surface area (Å²) in [4.78, 5) is 0. The van der Waals surface area contributed by atoms with Crippen LogP contribution in [0, 0.1) is 11.6 Å². The number of aromatic nitrogens is 3. The van der Waals surface area contributed by atoms with Crippen molar-refractivity contribution in [3.8, 4) is 0 Å². The van der Waals surface area contributed by atoms with E-state index in [-0.39, 0.29) is 17.3 Å². The van der Waals surface area contributed by atoms with Gasteiger partial charge in [0, 0.05) is 18.4 Å². The Morgan fingerprint density at radius 3 is 2.76 bits per heavy atom. The van der Waals surface area contributed by atoms with Crippen molar-refractivity contribution in [1.82, 2.24) is 14.8 Å². The normalized spacial score (nSPS) is 10.8. The molecule has 7 heteroatoms. The van der Waals surface area contributed by atoms with Crippen molar-refractivity contribution in [1.29, 1.82) is 0 Å². The number of anilines is 1. The second kappa shape index (κ2) is 4.70. The highest BCUT2D eigenvalue weighted by atomic mass is 32.2. The SMILES string of the molecule is Cn1c(N)nnc1SCc1cccc(F)c1F. The van der Waals surface area contributed by atoms with E-state index in [0.29, 0.717) is 5.16 Å². The molecule has 2 aromatic rings. The average molecular weight is 256 g/mol. The number of rotatable bonds is 3. The maximum absolute atomic E-state index is 13.4. The molecular formula is C10H10F2N4S. The fourth-order valence-corrected chi connectivity index (χ4v) is 2.15. The first-order valence-electron chi connectivity index (χ1n) is 4.80. The van der Waals surface area contributed by atoms with E-state index in [2.05, 4.69) is 10.2 Å². The minimum atomic E-state index is -0.847. The van der Waals surface area contributed by atoms with Crippen LogP contribution in [0.1, 0.15) is 5.56 Å². The summed E-state index contributed by atoms with van der Waals surface area (Å²) in [6.45, 7) is 0. The van der Waals surface area contributed by atoms with Crippen LogP contribution in [0.5, 0.6) is 0 Å². The van der Waals surface area contributed by atoms with Crippen molar-refractivity contribution in [2.45, 2.75) is 10.9 Å². The number of thioether (sulfide) groups is 1. The smallest absolute Gasteiger partial charge is 0.222 e. The molecule has 0 aliphatic carbocycles. The second-order valence-electron chi connectivity index (χ2n) is 3.40. The highest BCUT2D eigenvalue weighted by Gasteiger charge is 2.10. The highest BCUT2D eigenvalue weighted by molar-refractivity contribution is 7.98. The van der Waals surface area contributed by atoms with Gasteiger partial charge in [-0.1, -0.05) is 23.9 Å². The summed E-state index contributed by atoms with van der Waals surface area (Å²) in [5, 5.41) is 8.05. The zero-order chi connectivity index (χ0) is 12.4. The Morgan fingerprint density at radius 2 is 2.12 bits per heavy atom. The van der Waals surface area contributed by atoms with E-state index in [1.807, 2.05) is 0 Å². The maximum atomic E-state index is 13.4. The topological polar surface area (TPSA) is 56.7 Å². The van der Waals surface area contributed by atoms with Crippen molar-refractivity contribution < 1.29 is 8.78 Å². The lowest BCUT2D eigenvalue weighted by molar-refractivity contribution is 0.502. The van der Waals surface area contributed by atoms with Crippen LogP contribution in [0.25, 0.3) is 0 Å². The first-order chi connectivity index (χ1) is 8.09. The fraction of sp³-hybridized carbons (Fsp3) is 0.200. The maximum Gasteiger partial charge on any atom is 0.222 e. The summed E-state index contributed by atoms with van der Waals surface area (Å²) in [5.41, 5.74) is 5.79. The third kappa shape index (κ3) is 2.38. The van der Waals surface area contributed by atoms with Crippen LogP contribution in [-0.2, 0) is 12.8 Å². The van der Waals surface area contributed by atoms with Gasteiger partial charge in [-0.2, -0.15) is 0 Å². The lowest BCUT2D eigenvalue weighted by atomic mass is 10.2. The molecule has 2 rings (SSSR count). The second-order valence-corrected chi connectivity index (χ2v) is 4.34. The van der Waals surface area contributed by atoms with Crippen molar-refractivity contribution >= 4 is 17.7 Å². The van der Waals surface area contributed by atoms with Gasteiger partial charge in [-0.3, -0.25) is 4.57 Å². The van der Waals surface area contributed by atoms with E-state index in [4.69, 9.17) is 5.73 Å². The van der Waals surface area contributed by atoms with Gasteiger partial charge in [-0.15, -0.1) is 10.2 Å². The number of hydrogen-bond acceptors (Lipinski definition) is 4. The first kappa shape index (κ1) is 11.8. The molecule has 1 aromatic carbocycles. The quantitative estimate of drug-likeness (QED) is 0.853. The molecule has 0 unspecified atom stereocenters. The minimum Gasteiger partial charge on any atom is -0.368 e. The zero-order valence-electron chi connectivity index (χ0n) is 9.02. The molecule has 0 saturated heterocycles. The number of nitrogens with two attached hydrogens (primary N) is 1. The van der Waals surface area contributed by atoms with Gasteiger partial charge in [0.1, 0.15) is 0 Å². The van der Waals surface area contributed by atoms with Crippen LogP contribution >= 0.6 is 11.8 Å². The van der Waals surface area contributed by atoms with Gasteiger partial charge in [0.2, 0.25) is 5.95 Å². The zero-order valence-corrected chi connectivity index (χ0v) is 9.84. The number of nitrogens with zero attached hydrogens (tertiary/aromatic N) is 3. The molecule has 0 bridgehead atoms. The lowest BCUT2D eigenvalue weighted by Gasteiger charge is -2.03. The Morgan fingerprint density at radius 1 is 1.35 bits per heavy atom. The molecule has 0 aliphatic rings. The Labute approximate surface area is 101 Å². The minimum absolute atomic E-state index is 0.273. The molecule has 0 aliphatic heterocycles. The third-order valence-corrected chi connectivity index (χ3v) is 3.33. The number of hydrogen-bond donors (Lipinski definition) is 1. The van der Waals surface area contributed by atoms with Gasteiger partial charge in [0.15, 0.2) is 16.8 Å². The van der Waals surface area contributed by atoms with Crippen LogP contribution in [-0.4, -0.2) is 14.8 Å². The summed E-state index contributed by atoms with van der Waals surface area (Å²) in [7, 11) is 1.71. The van der Waals surface area contributed by atoms with Crippen molar-refractivity contribution in [3.63, 3.8) is 0 Å². The Bertz CT molecular complexity index is 541. The van der Waals surface area contributed by atoms with E-state index < -0.39 is 11.6 Å². The summed E-state index contributed by atoms with van der Waals surface area (Å²) in [5.74, 6) is -1.11. The molecule has 4 nitrogen and oxygen atoms in total. The standard InChI is InChI=1S/C10H10F2N4S/c1-16-9(13)14-15-10(16)17-5-6-3-2-4-7(11)8(6)12/h2-4H,5H2,1H3,(H2,13,14). The third-order valence-electron chi connectivity index (χ3n) is 2.26. The van der Waals surface area contributed by atoms with E-state index in [0.717, 1.165) is 6.07 Å². The molecular weight excluding hydrogens is 246 g/mol. The van der Waals surface area contributed by atoms with Gasteiger partial charge in [0.25, 0.3) is 0 Å². The first-order valence-corrected chi connectivity index (χ1v) is 5.78. The molecule has 90 valence electrons.